The van der Waals surface area contributed by atoms with Gasteiger partial charge in [-0.2, -0.15) is 0 Å². The molecule has 0 bridgehead atoms. The molecule has 8 heteroatoms. The molecule has 0 N–H and O–H groups in total. The predicted octanol–water partition coefficient (Wildman–Crippen LogP) is 6.25. The van der Waals surface area contributed by atoms with E-state index in [1.54, 1.807) is 32.0 Å². The van der Waals surface area contributed by atoms with E-state index in [4.69, 9.17) is 37.4 Å². The van der Waals surface area contributed by atoms with Crippen LogP contribution in [0.15, 0.2) is 64.3 Å². The van der Waals surface area contributed by atoms with Crippen LogP contribution in [0.5, 0.6) is 0 Å². The van der Waals surface area contributed by atoms with Gasteiger partial charge in [0.05, 0.1) is 23.3 Å². The summed E-state index contributed by atoms with van der Waals surface area (Å²) in [6, 6.07) is 14.3. The zero-order valence-electron chi connectivity index (χ0n) is 16.8. The average Bonchev–Trinajstić information content (AvgIpc) is 2.76. The number of benzene rings is 2. The van der Waals surface area contributed by atoms with Gasteiger partial charge in [0, 0.05) is 15.6 Å². The molecule has 1 aliphatic rings. The van der Waals surface area contributed by atoms with Crippen LogP contribution in [-0.2, 0) is 23.8 Å². The van der Waals surface area contributed by atoms with Crippen LogP contribution in [0, 0.1) is 0 Å². The third kappa shape index (κ3) is 4.81. The molecule has 2 aromatic rings. The van der Waals surface area contributed by atoms with Crippen molar-refractivity contribution in [2.75, 3.05) is 13.2 Å². The monoisotopic (exact) mass is 524 g/mol. The van der Waals surface area contributed by atoms with Gasteiger partial charge >= 0.3 is 11.9 Å². The van der Waals surface area contributed by atoms with Gasteiger partial charge in [-0.1, -0.05) is 81.6 Å². The van der Waals surface area contributed by atoms with Crippen molar-refractivity contribution in [2.45, 2.75) is 20.0 Å². The van der Waals surface area contributed by atoms with Gasteiger partial charge in [0.2, 0.25) is 5.76 Å². The summed E-state index contributed by atoms with van der Waals surface area (Å²) >= 11 is 16.2. The molecule has 5 nitrogen and oxygen atoms in total. The molecular weight excluding hydrogens is 507 g/mol. The maximum atomic E-state index is 12.9. The predicted molar refractivity (Wildman–Crippen MR) is 123 cm³/mol. The van der Waals surface area contributed by atoms with E-state index in [-0.39, 0.29) is 29.6 Å². The fraction of sp³-hybridized carbons (Fsp3) is 0.217. The Morgan fingerprint density at radius 3 is 2.26 bits per heavy atom. The van der Waals surface area contributed by atoms with Crippen LogP contribution in [-0.4, -0.2) is 25.2 Å². The molecule has 31 heavy (non-hydrogen) atoms. The van der Waals surface area contributed by atoms with Crippen LogP contribution >= 0.6 is 39.1 Å². The maximum Gasteiger partial charge on any atom is 0.374 e. The minimum absolute atomic E-state index is 0.0206. The second-order valence-electron chi connectivity index (χ2n) is 6.37. The highest BCUT2D eigenvalue weighted by Crippen LogP contribution is 2.48. The van der Waals surface area contributed by atoms with E-state index in [1.165, 1.54) is 0 Å². The normalized spacial score (nSPS) is 16.1. The Balaban J connectivity index is 2.30. The Hall–Kier alpha value is -2.28. The van der Waals surface area contributed by atoms with Crippen molar-refractivity contribution in [1.82, 2.24) is 0 Å². The van der Waals surface area contributed by atoms with Crippen LogP contribution in [0.4, 0.5) is 0 Å². The maximum absolute atomic E-state index is 12.9. The number of hydrogen-bond donors (Lipinski definition) is 0. The van der Waals surface area contributed by atoms with Gasteiger partial charge in [0.1, 0.15) is 5.57 Å². The van der Waals surface area contributed by atoms with Crippen LogP contribution in [0.2, 0.25) is 10.0 Å². The highest BCUT2D eigenvalue weighted by atomic mass is 79.9. The minimum Gasteiger partial charge on any atom is -0.472 e. The lowest BCUT2D eigenvalue weighted by atomic mass is 9.91. The lowest BCUT2D eigenvalue weighted by Crippen LogP contribution is -2.25. The SMILES string of the molecule is CCOC(=O)C1=C(C(=O)OCC)C(c2ccccc2)=C(Br)C(c2cccc(Cl)c2Cl)O1. The van der Waals surface area contributed by atoms with Crippen LogP contribution in [0.25, 0.3) is 5.57 Å². The average molecular weight is 526 g/mol. The Labute approximate surface area is 198 Å². The standard InChI is InChI=1S/C23H19BrCl2O5/c1-3-29-22(27)17-16(13-9-6-5-7-10-13)18(24)20(31-21(17)23(28)30-4-2)14-11-8-12-15(25)19(14)26/h5-12,20H,3-4H2,1-2H3. The molecule has 0 saturated heterocycles. The van der Waals surface area contributed by atoms with Gasteiger partial charge in [-0.15, -0.1) is 0 Å². The fourth-order valence-electron chi connectivity index (χ4n) is 3.15. The first-order valence-corrected chi connectivity index (χ1v) is 11.1. The summed E-state index contributed by atoms with van der Waals surface area (Å²) in [5, 5.41) is 0.614. The number of carbonyl (C=O) groups excluding carboxylic acids is 2. The highest BCUT2D eigenvalue weighted by Gasteiger charge is 2.39. The number of ether oxygens (including phenoxy) is 3. The van der Waals surface area contributed by atoms with Crippen LogP contribution in [0.3, 0.4) is 0 Å². The Kier molecular flexibility index (Phi) is 7.81. The van der Waals surface area contributed by atoms with Crippen molar-refractivity contribution in [2.24, 2.45) is 0 Å². The van der Waals surface area contributed by atoms with E-state index < -0.39 is 18.0 Å². The largest absolute Gasteiger partial charge is 0.472 e. The molecule has 0 spiro atoms. The summed E-state index contributed by atoms with van der Waals surface area (Å²) in [7, 11) is 0. The fourth-order valence-corrected chi connectivity index (χ4v) is 4.32. The first kappa shape index (κ1) is 23.4. The Morgan fingerprint density at radius 1 is 0.968 bits per heavy atom. The number of halogens is 3. The second-order valence-corrected chi connectivity index (χ2v) is 8.01. The highest BCUT2D eigenvalue weighted by molar-refractivity contribution is 9.11. The van der Waals surface area contributed by atoms with E-state index in [0.717, 1.165) is 0 Å². The number of hydrogen-bond acceptors (Lipinski definition) is 5. The molecule has 0 aliphatic carbocycles. The lowest BCUT2D eigenvalue weighted by Gasteiger charge is -2.30. The number of rotatable bonds is 6. The third-order valence-electron chi connectivity index (χ3n) is 4.45. The molecule has 1 atom stereocenters. The second kappa shape index (κ2) is 10.4. The van der Waals surface area contributed by atoms with Gasteiger partial charge in [-0.25, -0.2) is 9.59 Å². The zero-order chi connectivity index (χ0) is 22.5. The molecule has 2 aromatic carbocycles. The minimum atomic E-state index is -0.834. The molecule has 0 radical (unpaired) electrons. The molecule has 3 rings (SSSR count). The first-order valence-electron chi connectivity index (χ1n) is 9.55. The van der Waals surface area contributed by atoms with Crippen molar-refractivity contribution in [3.8, 4) is 0 Å². The summed E-state index contributed by atoms with van der Waals surface area (Å²) in [5.41, 5.74) is 1.65. The quantitative estimate of drug-likeness (QED) is 0.417. The van der Waals surface area contributed by atoms with Gasteiger partial charge < -0.3 is 14.2 Å². The number of carbonyl (C=O) groups is 2. The van der Waals surface area contributed by atoms with E-state index in [9.17, 15) is 9.59 Å². The third-order valence-corrected chi connectivity index (χ3v) is 6.09. The summed E-state index contributed by atoms with van der Waals surface area (Å²) in [5.74, 6) is -1.72. The summed E-state index contributed by atoms with van der Waals surface area (Å²) in [4.78, 5) is 25.8. The van der Waals surface area contributed by atoms with E-state index >= 15 is 0 Å². The Morgan fingerprint density at radius 2 is 1.61 bits per heavy atom. The van der Waals surface area contributed by atoms with Gasteiger partial charge in [-0.05, 0) is 25.5 Å². The topological polar surface area (TPSA) is 61.8 Å². The van der Waals surface area contributed by atoms with Crippen molar-refractivity contribution in [3.05, 3.63) is 85.5 Å². The molecule has 1 unspecified atom stereocenters. The number of esters is 2. The molecule has 1 aliphatic heterocycles. The van der Waals surface area contributed by atoms with Gasteiger partial charge in [0.25, 0.3) is 0 Å². The van der Waals surface area contributed by atoms with E-state index in [2.05, 4.69) is 15.9 Å². The molecule has 0 aromatic heterocycles. The first-order chi connectivity index (χ1) is 14.9. The lowest BCUT2D eigenvalue weighted by molar-refractivity contribution is -0.146. The van der Waals surface area contributed by atoms with Crippen molar-refractivity contribution in [3.63, 3.8) is 0 Å². The van der Waals surface area contributed by atoms with Crippen molar-refractivity contribution in [1.29, 1.82) is 0 Å². The van der Waals surface area contributed by atoms with E-state index in [0.29, 0.717) is 26.2 Å². The Bertz CT molecular complexity index is 1060. The van der Waals surface area contributed by atoms with Crippen molar-refractivity contribution < 1.29 is 23.8 Å². The van der Waals surface area contributed by atoms with Crippen LogP contribution in [0.1, 0.15) is 31.1 Å². The summed E-state index contributed by atoms with van der Waals surface area (Å²) in [6.07, 6.45) is -0.834. The summed E-state index contributed by atoms with van der Waals surface area (Å²) < 4.78 is 16.9. The van der Waals surface area contributed by atoms with Crippen molar-refractivity contribution >= 4 is 56.6 Å². The van der Waals surface area contributed by atoms with Gasteiger partial charge in [-0.3, -0.25) is 0 Å². The molecule has 1 heterocycles. The summed E-state index contributed by atoms with van der Waals surface area (Å²) in [6.45, 7) is 3.58. The van der Waals surface area contributed by atoms with Gasteiger partial charge in [0.15, 0.2) is 6.10 Å². The molecule has 0 amide bonds. The molecular formula is C23H19BrCl2O5. The zero-order valence-corrected chi connectivity index (χ0v) is 19.9. The molecule has 0 saturated carbocycles. The smallest absolute Gasteiger partial charge is 0.374 e. The molecule has 0 fully saturated rings. The van der Waals surface area contributed by atoms with E-state index in [1.807, 2.05) is 30.3 Å². The van der Waals surface area contributed by atoms with Crippen LogP contribution < -0.4 is 0 Å². The molecule has 162 valence electrons.